The highest BCUT2D eigenvalue weighted by atomic mass is 16.6. The Hall–Kier alpha value is -3.35. The van der Waals surface area contributed by atoms with Crippen LogP contribution >= 0.6 is 0 Å². The van der Waals surface area contributed by atoms with E-state index in [-0.39, 0.29) is 10.6 Å². The van der Waals surface area contributed by atoms with Gasteiger partial charge in [-0.05, 0) is 36.8 Å². The number of aryl methyl sites for hydroxylation is 1. The summed E-state index contributed by atoms with van der Waals surface area (Å²) in [5.41, 5.74) is 3.19. The van der Waals surface area contributed by atoms with E-state index in [1.807, 2.05) is 24.3 Å². The van der Waals surface area contributed by atoms with E-state index in [2.05, 4.69) is 28.9 Å². The van der Waals surface area contributed by atoms with Crippen molar-refractivity contribution in [3.63, 3.8) is 0 Å². The van der Waals surface area contributed by atoms with Crippen molar-refractivity contribution in [2.24, 2.45) is 0 Å². The molecule has 0 atom stereocenters. The number of non-ortho nitro benzene ring substituents is 1. The van der Waals surface area contributed by atoms with Gasteiger partial charge in [0.1, 0.15) is 17.1 Å². The van der Waals surface area contributed by atoms with Crippen LogP contribution in [0.15, 0.2) is 48.5 Å². The fourth-order valence-corrected chi connectivity index (χ4v) is 3.68. The Balaban J connectivity index is 1.53. The molecule has 1 aliphatic rings. The second-order valence-corrected chi connectivity index (χ2v) is 6.90. The second kappa shape index (κ2) is 7.34. The van der Waals surface area contributed by atoms with Crippen molar-refractivity contribution in [2.75, 3.05) is 43.1 Å². The monoisotopic (exact) mass is 378 g/mol. The van der Waals surface area contributed by atoms with Gasteiger partial charge < -0.3 is 14.5 Å². The summed E-state index contributed by atoms with van der Waals surface area (Å²) >= 11 is 0. The van der Waals surface area contributed by atoms with Gasteiger partial charge in [0.2, 0.25) is 0 Å². The number of methoxy groups -OCH3 is 1. The third-order valence-corrected chi connectivity index (χ3v) is 5.25. The van der Waals surface area contributed by atoms with Crippen molar-refractivity contribution in [2.45, 2.75) is 6.92 Å². The zero-order valence-electron chi connectivity index (χ0n) is 16.0. The van der Waals surface area contributed by atoms with E-state index in [1.54, 1.807) is 19.2 Å². The molecule has 1 fully saturated rings. The maximum Gasteiger partial charge on any atom is 0.269 e. The number of hydrogen-bond acceptors (Lipinski definition) is 6. The highest BCUT2D eigenvalue weighted by Gasteiger charge is 2.20. The lowest BCUT2D eigenvalue weighted by Crippen LogP contribution is -2.46. The van der Waals surface area contributed by atoms with E-state index in [4.69, 9.17) is 9.72 Å². The van der Waals surface area contributed by atoms with E-state index in [1.165, 1.54) is 5.56 Å². The number of fused-ring (bicyclic) bond motifs is 1. The number of rotatable bonds is 4. The van der Waals surface area contributed by atoms with Crippen LogP contribution in [0.4, 0.5) is 17.2 Å². The number of nitro groups is 1. The first-order valence-corrected chi connectivity index (χ1v) is 9.25. The predicted octanol–water partition coefficient (Wildman–Crippen LogP) is 3.79. The molecule has 0 spiro atoms. The third-order valence-electron chi connectivity index (χ3n) is 5.25. The Morgan fingerprint density at radius 1 is 1.04 bits per heavy atom. The minimum absolute atomic E-state index is 0.118. The van der Waals surface area contributed by atoms with Crippen LogP contribution < -0.4 is 14.5 Å². The molecule has 2 aromatic carbocycles. The van der Waals surface area contributed by atoms with Gasteiger partial charge in [-0.3, -0.25) is 10.1 Å². The van der Waals surface area contributed by atoms with Crippen LogP contribution in [-0.2, 0) is 0 Å². The highest BCUT2D eigenvalue weighted by Crippen LogP contribution is 2.30. The lowest BCUT2D eigenvalue weighted by atomic mass is 10.1. The number of ether oxygens (including phenoxy) is 1. The van der Waals surface area contributed by atoms with Crippen molar-refractivity contribution >= 4 is 28.1 Å². The van der Waals surface area contributed by atoms with Crippen molar-refractivity contribution < 1.29 is 9.66 Å². The largest absolute Gasteiger partial charge is 0.494 e. The van der Waals surface area contributed by atoms with Crippen molar-refractivity contribution in [1.29, 1.82) is 0 Å². The average Bonchev–Trinajstić information content (AvgIpc) is 2.73. The molecule has 3 aromatic rings. The number of nitro benzene ring substituents is 1. The fourth-order valence-electron chi connectivity index (χ4n) is 3.68. The van der Waals surface area contributed by atoms with E-state index >= 15 is 0 Å². The summed E-state index contributed by atoms with van der Waals surface area (Å²) in [6.45, 7) is 5.44. The maximum absolute atomic E-state index is 10.8. The van der Waals surface area contributed by atoms with Crippen LogP contribution in [-0.4, -0.2) is 43.2 Å². The van der Waals surface area contributed by atoms with Crippen LogP contribution in [0.5, 0.6) is 5.75 Å². The van der Waals surface area contributed by atoms with Gasteiger partial charge in [-0.1, -0.05) is 12.1 Å². The number of nitrogens with zero attached hydrogens (tertiary/aromatic N) is 4. The lowest BCUT2D eigenvalue weighted by Gasteiger charge is -2.37. The molecule has 28 heavy (non-hydrogen) atoms. The van der Waals surface area contributed by atoms with Gasteiger partial charge in [-0.15, -0.1) is 0 Å². The minimum atomic E-state index is -0.371. The summed E-state index contributed by atoms with van der Waals surface area (Å²) in [5, 5.41) is 11.9. The Labute approximate surface area is 163 Å². The molecular formula is C21H22N4O3. The first-order chi connectivity index (χ1) is 13.6. The molecule has 0 radical (unpaired) electrons. The van der Waals surface area contributed by atoms with Crippen LogP contribution in [0, 0.1) is 17.0 Å². The van der Waals surface area contributed by atoms with E-state index < -0.39 is 0 Å². The van der Waals surface area contributed by atoms with Gasteiger partial charge in [0.15, 0.2) is 0 Å². The van der Waals surface area contributed by atoms with Gasteiger partial charge in [0, 0.05) is 49.4 Å². The number of hydrogen-bond donors (Lipinski definition) is 0. The summed E-state index contributed by atoms with van der Waals surface area (Å²) < 4.78 is 5.49. The smallest absolute Gasteiger partial charge is 0.269 e. The molecule has 0 bridgehead atoms. The highest BCUT2D eigenvalue weighted by molar-refractivity contribution is 5.88. The van der Waals surface area contributed by atoms with Crippen LogP contribution in [0.1, 0.15) is 5.56 Å². The minimum Gasteiger partial charge on any atom is -0.494 e. The zero-order valence-corrected chi connectivity index (χ0v) is 16.0. The van der Waals surface area contributed by atoms with Crippen molar-refractivity contribution in [3.8, 4) is 5.75 Å². The number of piperazine rings is 1. The summed E-state index contributed by atoms with van der Waals surface area (Å²) in [5.74, 6) is 1.74. The molecule has 0 aliphatic carbocycles. The van der Waals surface area contributed by atoms with E-state index in [9.17, 15) is 10.1 Å². The molecule has 1 saturated heterocycles. The quantitative estimate of drug-likeness (QED) is 0.508. The Morgan fingerprint density at radius 2 is 1.71 bits per heavy atom. The van der Waals surface area contributed by atoms with Gasteiger partial charge in [-0.25, -0.2) is 4.98 Å². The molecule has 0 N–H and O–H groups in total. The summed E-state index contributed by atoms with van der Waals surface area (Å²) in [6.07, 6.45) is 0. The topological polar surface area (TPSA) is 71.7 Å². The predicted molar refractivity (Wildman–Crippen MR) is 111 cm³/mol. The SMILES string of the molecule is COc1cccc2c(C)cc(N3CCN(c4ccc([N+](=O)[O-])cc4)CC3)nc12. The molecule has 144 valence electrons. The standard InChI is InChI=1S/C21H22N4O3/c1-15-14-20(22-21-18(15)4-3-5-19(21)28-2)24-12-10-23(11-13-24)16-6-8-17(9-7-16)25(26)27/h3-9,14H,10-13H2,1-2H3. The second-order valence-electron chi connectivity index (χ2n) is 6.90. The number of anilines is 2. The normalized spacial score (nSPS) is 14.4. The van der Waals surface area contributed by atoms with Gasteiger partial charge in [0.25, 0.3) is 5.69 Å². The number of benzene rings is 2. The Morgan fingerprint density at radius 3 is 2.36 bits per heavy atom. The molecule has 7 nitrogen and oxygen atoms in total. The first kappa shape index (κ1) is 18.0. The van der Waals surface area contributed by atoms with E-state index in [0.717, 1.165) is 54.3 Å². The molecule has 4 rings (SSSR count). The Kier molecular flexibility index (Phi) is 4.73. The maximum atomic E-state index is 10.8. The van der Waals surface area contributed by atoms with Crippen LogP contribution in [0.3, 0.4) is 0 Å². The van der Waals surface area contributed by atoms with Crippen LogP contribution in [0.25, 0.3) is 10.9 Å². The molecule has 2 heterocycles. The molecule has 0 saturated carbocycles. The van der Waals surface area contributed by atoms with Crippen molar-refractivity contribution in [3.05, 3.63) is 64.2 Å². The summed E-state index contributed by atoms with van der Waals surface area (Å²) in [4.78, 5) is 19.8. The molecule has 0 unspecified atom stereocenters. The molecular weight excluding hydrogens is 356 g/mol. The van der Waals surface area contributed by atoms with Gasteiger partial charge in [0.05, 0.1) is 12.0 Å². The molecule has 0 amide bonds. The average molecular weight is 378 g/mol. The molecule has 1 aliphatic heterocycles. The van der Waals surface area contributed by atoms with Crippen LogP contribution in [0.2, 0.25) is 0 Å². The molecule has 1 aromatic heterocycles. The molecule has 7 heteroatoms. The first-order valence-electron chi connectivity index (χ1n) is 9.25. The van der Waals surface area contributed by atoms with Gasteiger partial charge in [-0.2, -0.15) is 0 Å². The van der Waals surface area contributed by atoms with E-state index in [0.29, 0.717) is 0 Å². The summed E-state index contributed by atoms with van der Waals surface area (Å²) in [6, 6.07) is 14.9. The fraction of sp³-hybridized carbons (Fsp3) is 0.286. The van der Waals surface area contributed by atoms with Gasteiger partial charge >= 0.3 is 0 Å². The Bertz CT molecular complexity index is 1010. The number of para-hydroxylation sites is 1. The summed E-state index contributed by atoms with van der Waals surface area (Å²) in [7, 11) is 1.67. The zero-order chi connectivity index (χ0) is 19.7. The third kappa shape index (κ3) is 3.31. The number of pyridine rings is 1. The lowest BCUT2D eigenvalue weighted by molar-refractivity contribution is -0.384. The number of aromatic nitrogens is 1. The van der Waals surface area contributed by atoms with Crippen molar-refractivity contribution in [1.82, 2.24) is 4.98 Å².